The number of carboxylic acid groups (broad SMARTS) is 1. The fourth-order valence-corrected chi connectivity index (χ4v) is 2.16. The first-order chi connectivity index (χ1) is 12.8. The Bertz CT molecular complexity index is 977. The Kier molecular flexibility index (Phi) is 5.52. The highest BCUT2D eigenvalue weighted by Gasteiger charge is 2.24. The summed E-state index contributed by atoms with van der Waals surface area (Å²) in [5.74, 6) is -2.11. The highest BCUT2D eigenvalue weighted by Crippen LogP contribution is 2.40. The van der Waals surface area contributed by atoms with Crippen molar-refractivity contribution < 1.29 is 29.4 Å². The van der Waals surface area contributed by atoms with E-state index in [1.54, 1.807) is 6.07 Å². The summed E-state index contributed by atoms with van der Waals surface area (Å²) in [6.07, 6.45) is 1.91. The minimum absolute atomic E-state index is 0.0298. The minimum atomic E-state index is -1.31. The Labute approximate surface area is 151 Å². The predicted octanol–water partition coefficient (Wildman–Crippen LogP) is 2.05. The molecule has 138 valence electrons. The third kappa shape index (κ3) is 3.74. The summed E-state index contributed by atoms with van der Waals surface area (Å²) in [5, 5.41) is 39.9. The Morgan fingerprint density at radius 1 is 1.19 bits per heavy atom. The van der Waals surface area contributed by atoms with Gasteiger partial charge in [-0.1, -0.05) is 0 Å². The third-order valence-electron chi connectivity index (χ3n) is 3.41. The first-order valence-electron chi connectivity index (χ1n) is 7.13. The van der Waals surface area contributed by atoms with Crippen LogP contribution < -0.4 is 9.47 Å². The largest absolute Gasteiger partial charge is 0.506 e. The monoisotopic (exact) mass is 372 g/mol. The van der Waals surface area contributed by atoms with Crippen molar-refractivity contribution in [1.29, 1.82) is 5.26 Å². The number of nitriles is 1. The van der Waals surface area contributed by atoms with Crippen molar-refractivity contribution in [3.8, 4) is 17.6 Å². The Morgan fingerprint density at radius 3 is 2.26 bits per heavy atom. The van der Waals surface area contributed by atoms with E-state index in [-0.39, 0.29) is 34.0 Å². The number of aromatic carboxylic acids is 1. The van der Waals surface area contributed by atoms with Gasteiger partial charge in [-0.3, -0.25) is 15.1 Å². The van der Waals surface area contributed by atoms with Crippen LogP contribution in [0.2, 0.25) is 0 Å². The second-order valence-electron chi connectivity index (χ2n) is 4.92. The molecule has 1 aromatic carbocycles. The maximum Gasteiger partial charge on any atom is 0.356 e. The van der Waals surface area contributed by atoms with Crippen LogP contribution >= 0.6 is 0 Å². The number of hydrogen-bond donors (Lipinski definition) is 2. The van der Waals surface area contributed by atoms with Gasteiger partial charge in [0.15, 0.2) is 11.4 Å². The summed E-state index contributed by atoms with van der Waals surface area (Å²) in [4.78, 5) is 28.8. The van der Waals surface area contributed by atoms with E-state index < -0.39 is 22.3 Å². The summed E-state index contributed by atoms with van der Waals surface area (Å²) in [7, 11) is 2.48. The molecule has 0 aliphatic rings. The molecule has 0 amide bonds. The van der Waals surface area contributed by atoms with Crippen molar-refractivity contribution in [3.05, 3.63) is 51.6 Å². The fraction of sp³-hybridized carbons (Fsp3) is 0.125. The van der Waals surface area contributed by atoms with Gasteiger partial charge in [0, 0.05) is 11.6 Å². The molecule has 27 heavy (non-hydrogen) atoms. The Morgan fingerprint density at radius 2 is 1.81 bits per heavy atom. The van der Waals surface area contributed by atoms with Crippen molar-refractivity contribution in [2.45, 2.75) is 0 Å². The van der Waals surface area contributed by atoms with Gasteiger partial charge in [0.1, 0.15) is 23.1 Å². The molecule has 0 aliphatic heterocycles. The lowest BCUT2D eigenvalue weighted by molar-refractivity contribution is -0.385. The number of ether oxygens (including phenoxy) is 2. The lowest BCUT2D eigenvalue weighted by atomic mass is 10.1. The maximum absolute atomic E-state index is 11.3. The van der Waals surface area contributed by atoms with E-state index in [1.807, 2.05) is 0 Å². The molecule has 0 spiro atoms. The average Bonchev–Trinajstić information content (AvgIpc) is 2.67. The van der Waals surface area contributed by atoms with E-state index >= 15 is 0 Å². The average molecular weight is 372 g/mol. The highest BCUT2D eigenvalue weighted by molar-refractivity contribution is 5.94. The lowest BCUT2D eigenvalue weighted by Crippen LogP contribution is -2.03. The lowest BCUT2D eigenvalue weighted by Gasteiger charge is -2.11. The van der Waals surface area contributed by atoms with Crippen LogP contribution in [0.4, 0.5) is 5.69 Å². The summed E-state index contributed by atoms with van der Waals surface area (Å²) in [6, 6.07) is 3.97. The fourth-order valence-electron chi connectivity index (χ4n) is 2.16. The number of aromatic nitrogens is 2. The zero-order chi connectivity index (χ0) is 20.1. The number of aliphatic hydroxyl groups excluding tert-OH is 1. The molecule has 0 radical (unpaired) electrons. The van der Waals surface area contributed by atoms with Crippen LogP contribution in [0.15, 0.2) is 24.5 Å². The summed E-state index contributed by atoms with van der Waals surface area (Å²) in [6.45, 7) is 0. The molecule has 2 N–H and O–H groups in total. The first kappa shape index (κ1) is 19.1. The summed E-state index contributed by atoms with van der Waals surface area (Å²) in [5.41, 5.74) is -1.40. The molecule has 1 heterocycles. The zero-order valence-electron chi connectivity index (χ0n) is 14.0. The second kappa shape index (κ2) is 7.79. The number of nitro benzene ring substituents is 1. The van der Waals surface area contributed by atoms with Crippen molar-refractivity contribution in [1.82, 2.24) is 9.97 Å². The number of aliphatic hydroxyl groups is 1. The van der Waals surface area contributed by atoms with Crippen LogP contribution in [0.25, 0.3) is 11.3 Å². The van der Waals surface area contributed by atoms with Crippen LogP contribution in [-0.2, 0) is 0 Å². The Hall–Kier alpha value is -4.20. The maximum atomic E-state index is 11.3. The van der Waals surface area contributed by atoms with Gasteiger partial charge in [-0.05, 0) is 6.07 Å². The van der Waals surface area contributed by atoms with E-state index in [4.69, 9.17) is 14.6 Å². The molecule has 0 atom stereocenters. The molecule has 2 rings (SSSR count). The minimum Gasteiger partial charge on any atom is -0.506 e. The molecule has 11 heteroatoms. The van der Waals surface area contributed by atoms with Crippen molar-refractivity contribution in [2.75, 3.05) is 14.2 Å². The molecule has 1 aromatic heterocycles. The number of methoxy groups -OCH3 is 2. The van der Waals surface area contributed by atoms with Gasteiger partial charge in [-0.15, -0.1) is 0 Å². The topological polar surface area (TPSA) is 169 Å². The molecule has 0 fully saturated rings. The van der Waals surface area contributed by atoms with Crippen molar-refractivity contribution in [2.24, 2.45) is 0 Å². The van der Waals surface area contributed by atoms with E-state index in [1.165, 1.54) is 20.3 Å². The summed E-state index contributed by atoms with van der Waals surface area (Å²) < 4.78 is 10.0. The normalized spacial score (nSPS) is 11.1. The molecule has 0 unspecified atom stereocenters. The number of rotatable bonds is 6. The predicted molar refractivity (Wildman–Crippen MR) is 90.2 cm³/mol. The van der Waals surface area contributed by atoms with Gasteiger partial charge < -0.3 is 19.7 Å². The number of hydrogen-bond acceptors (Lipinski definition) is 9. The number of allylic oxidation sites excluding steroid dienone is 1. The van der Waals surface area contributed by atoms with Gasteiger partial charge in [0.05, 0.1) is 31.5 Å². The molecule has 0 aliphatic carbocycles. The summed E-state index contributed by atoms with van der Waals surface area (Å²) >= 11 is 0. The quantitative estimate of drug-likeness (QED) is 0.331. The van der Waals surface area contributed by atoms with Gasteiger partial charge in [0.2, 0.25) is 5.75 Å². The van der Waals surface area contributed by atoms with E-state index in [0.29, 0.717) is 0 Å². The highest BCUT2D eigenvalue weighted by atomic mass is 16.6. The number of benzene rings is 1. The van der Waals surface area contributed by atoms with Gasteiger partial charge in [-0.25, -0.2) is 9.78 Å². The van der Waals surface area contributed by atoms with Gasteiger partial charge in [-0.2, -0.15) is 5.26 Å². The van der Waals surface area contributed by atoms with E-state index in [2.05, 4.69) is 9.97 Å². The van der Waals surface area contributed by atoms with Crippen molar-refractivity contribution >= 4 is 23.0 Å². The molecular formula is C16H12N4O7. The number of carboxylic acids is 1. The van der Waals surface area contributed by atoms with E-state index in [9.17, 15) is 25.3 Å². The van der Waals surface area contributed by atoms with Gasteiger partial charge in [0.25, 0.3) is 0 Å². The third-order valence-corrected chi connectivity index (χ3v) is 3.41. The number of nitro groups is 1. The molecular weight excluding hydrogens is 360 g/mol. The van der Waals surface area contributed by atoms with Crippen LogP contribution in [0.5, 0.6) is 11.5 Å². The molecule has 0 saturated carbocycles. The number of nitrogens with zero attached hydrogens (tertiary/aromatic N) is 4. The number of carbonyl (C=O) groups is 1. The smallest absolute Gasteiger partial charge is 0.356 e. The van der Waals surface area contributed by atoms with Crippen molar-refractivity contribution in [3.63, 3.8) is 0 Å². The molecule has 11 nitrogen and oxygen atoms in total. The molecule has 0 bridgehead atoms. The zero-order valence-corrected chi connectivity index (χ0v) is 14.0. The van der Waals surface area contributed by atoms with Crippen LogP contribution in [-0.4, -0.2) is 45.3 Å². The Balaban J connectivity index is 2.66. The second-order valence-corrected chi connectivity index (χ2v) is 4.92. The standard InChI is InChI=1S/C16H12N4O7/c1-26-13-4-8(3-12(20(24)25)15(13)27-2)14(21)9(5-17)10-6-19-11(7-18-10)16(22)23/h3-4,6-7,21H,1-2H3,(H,22,23)/b14-9-. The van der Waals surface area contributed by atoms with Gasteiger partial charge >= 0.3 is 11.7 Å². The SMILES string of the molecule is COc1cc(/C(O)=C(\C#N)c2cnc(C(=O)O)cn2)cc([N+](=O)[O-])c1OC. The first-order valence-corrected chi connectivity index (χ1v) is 7.13. The van der Waals surface area contributed by atoms with E-state index in [0.717, 1.165) is 18.5 Å². The molecule has 0 saturated heterocycles. The van der Waals surface area contributed by atoms with Crippen LogP contribution in [0, 0.1) is 21.4 Å². The van der Waals surface area contributed by atoms with Crippen LogP contribution in [0.1, 0.15) is 21.7 Å². The molecule has 2 aromatic rings. The van der Waals surface area contributed by atoms with Crippen LogP contribution in [0.3, 0.4) is 0 Å².